The Bertz CT molecular complexity index is 668. The van der Waals surface area contributed by atoms with Gasteiger partial charge < -0.3 is 10.3 Å². The summed E-state index contributed by atoms with van der Waals surface area (Å²) in [5, 5.41) is 3.61. The van der Waals surface area contributed by atoms with Crippen LogP contribution < -0.4 is 5.73 Å². The van der Waals surface area contributed by atoms with Gasteiger partial charge in [-0.15, -0.1) is 0 Å². The number of likely N-dealkylation sites (N-methyl/N-ethyl adjacent to an activating group) is 1. The van der Waals surface area contributed by atoms with Crippen LogP contribution in [0.25, 0.3) is 11.3 Å². The van der Waals surface area contributed by atoms with Gasteiger partial charge in [-0.2, -0.15) is 4.31 Å². The average molecular weight is 295 g/mol. The Hall–Kier alpha value is -1.70. The maximum absolute atomic E-state index is 12.7. The SMILES string of the molecule is CC(CN)N(C)S(=O)(=O)c1ccccc1-c1ccno1. The van der Waals surface area contributed by atoms with Crippen LogP contribution in [0.4, 0.5) is 0 Å². The number of sulfonamides is 1. The van der Waals surface area contributed by atoms with Crippen LogP contribution in [0.2, 0.25) is 0 Å². The topological polar surface area (TPSA) is 89.4 Å². The zero-order valence-corrected chi connectivity index (χ0v) is 12.2. The zero-order chi connectivity index (χ0) is 14.8. The van der Waals surface area contributed by atoms with Crippen LogP contribution in [0, 0.1) is 0 Å². The Labute approximate surface area is 118 Å². The molecule has 0 radical (unpaired) electrons. The number of hydrogen-bond acceptors (Lipinski definition) is 5. The first-order valence-corrected chi connectivity index (χ1v) is 7.60. The van der Waals surface area contributed by atoms with E-state index in [0.717, 1.165) is 0 Å². The van der Waals surface area contributed by atoms with Gasteiger partial charge >= 0.3 is 0 Å². The molecule has 0 spiro atoms. The number of rotatable bonds is 5. The molecular formula is C13H17N3O3S. The highest BCUT2D eigenvalue weighted by molar-refractivity contribution is 7.89. The van der Waals surface area contributed by atoms with E-state index in [1.807, 2.05) is 0 Å². The van der Waals surface area contributed by atoms with E-state index in [1.165, 1.54) is 17.5 Å². The van der Waals surface area contributed by atoms with Crippen molar-refractivity contribution in [3.05, 3.63) is 36.5 Å². The molecule has 0 fully saturated rings. The van der Waals surface area contributed by atoms with Gasteiger partial charge in [-0.25, -0.2) is 8.42 Å². The van der Waals surface area contributed by atoms with Crippen molar-refractivity contribution in [3.63, 3.8) is 0 Å². The maximum Gasteiger partial charge on any atom is 0.243 e. The first-order valence-electron chi connectivity index (χ1n) is 6.16. The van der Waals surface area contributed by atoms with Gasteiger partial charge in [0.15, 0.2) is 5.76 Å². The van der Waals surface area contributed by atoms with E-state index in [0.29, 0.717) is 11.3 Å². The summed E-state index contributed by atoms with van der Waals surface area (Å²) in [5.41, 5.74) is 6.03. The quantitative estimate of drug-likeness (QED) is 0.898. The van der Waals surface area contributed by atoms with Gasteiger partial charge in [-0.05, 0) is 19.1 Å². The Balaban J connectivity index is 2.53. The second-order valence-corrected chi connectivity index (χ2v) is 6.44. The van der Waals surface area contributed by atoms with Gasteiger partial charge in [0.25, 0.3) is 0 Å². The molecule has 0 saturated carbocycles. The molecule has 1 unspecified atom stereocenters. The lowest BCUT2D eigenvalue weighted by atomic mass is 10.2. The van der Waals surface area contributed by atoms with E-state index in [-0.39, 0.29) is 17.5 Å². The Morgan fingerprint density at radius 2 is 2.05 bits per heavy atom. The number of nitrogens with two attached hydrogens (primary N) is 1. The minimum Gasteiger partial charge on any atom is -0.356 e. The van der Waals surface area contributed by atoms with Crippen LogP contribution in [-0.2, 0) is 10.0 Å². The van der Waals surface area contributed by atoms with Crippen LogP contribution in [0.5, 0.6) is 0 Å². The molecule has 0 aliphatic heterocycles. The largest absolute Gasteiger partial charge is 0.356 e. The summed E-state index contributed by atoms with van der Waals surface area (Å²) in [6, 6.07) is 8.00. The second-order valence-electron chi connectivity index (χ2n) is 4.48. The van der Waals surface area contributed by atoms with Crippen LogP contribution in [0.3, 0.4) is 0 Å². The molecule has 2 rings (SSSR count). The smallest absolute Gasteiger partial charge is 0.243 e. The molecule has 6 nitrogen and oxygen atoms in total. The molecule has 0 bridgehead atoms. The van der Waals surface area contributed by atoms with Crippen molar-refractivity contribution in [2.75, 3.05) is 13.6 Å². The molecule has 1 aromatic heterocycles. The fourth-order valence-corrected chi connectivity index (χ4v) is 3.36. The van der Waals surface area contributed by atoms with Crippen LogP contribution in [0.15, 0.2) is 45.9 Å². The van der Waals surface area contributed by atoms with E-state index in [2.05, 4.69) is 5.16 Å². The fourth-order valence-electron chi connectivity index (χ4n) is 1.79. The van der Waals surface area contributed by atoms with Crippen molar-refractivity contribution in [2.24, 2.45) is 5.73 Å². The van der Waals surface area contributed by atoms with E-state index in [9.17, 15) is 8.42 Å². The molecule has 1 aromatic carbocycles. The van der Waals surface area contributed by atoms with E-state index in [4.69, 9.17) is 10.3 Å². The van der Waals surface area contributed by atoms with Crippen molar-refractivity contribution < 1.29 is 12.9 Å². The summed E-state index contributed by atoms with van der Waals surface area (Å²) in [6.45, 7) is 2.01. The molecule has 1 heterocycles. The molecule has 108 valence electrons. The molecular weight excluding hydrogens is 278 g/mol. The predicted octanol–water partition coefficient (Wildman–Crippen LogP) is 1.31. The number of benzene rings is 1. The highest BCUT2D eigenvalue weighted by Crippen LogP contribution is 2.29. The molecule has 0 saturated heterocycles. The number of hydrogen-bond donors (Lipinski definition) is 1. The van der Waals surface area contributed by atoms with Crippen molar-refractivity contribution in [1.82, 2.24) is 9.46 Å². The van der Waals surface area contributed by atoms with Gasteiger partial charge in [-0.3, -0.25) is 0 Å². The molecule has 0 aliphatic carbocycles. The normalized spacial score (nSPS) is 13.6. The highest BCUT2D eigenvalue weighted by Gasteiger charge is 2.28. The van der Waals surface area contributed by atoms with Crippen LogP contribution in [-0.4, -0.2) is 37.5 Å². The summed E-state index contributed by atoms with van der Waals surface area (Å²) in [6.07, 6.45) is 1.48. The monoisotopic (exact) mass is 295 g/mol. The predicted molar refractivity (Wildman–Crippen MR) is 75.4 cm³/mol. The van der Waals surface area contributed by atoms with Crippen LogP contribution in [0.1, 0.15) is 6.92 Å². The Morgan fingerprint density at radius 1 is 1.35 bits per heavy atom. The highest BCUT2D eigenvalue weighted by atomic mass is 32.2. The molecule has 1 atom stereocenters. The Morgan fingerprint density at radius 3 is 2.65 bits per heavy atom. The first kappa shape index (κ1) is 14.7. The maximum atomic E-state index is 12.7. The standard InChI is InChI=1S/C13H17N3O3S/c1-10(9-14)16(2)20(17,18)13-6-4-3-5-11(13)12-7-8-15-19-12/h3-8,10H,9,14H2,1-2H3. The van der Waals surface area contributed by atoms with Gasteiger partial charge in [0, 0.05) is 31.3 Å². The fraction of sp³-hybridized carbons (Fsp3) is 0.308. The van der Waals surface area contributed by atoms with Gasteiger partial charge in [0.1, 0.15) is 0 Å². The molecule has 0 amide bonds. The van der Waals surface area contributed by atoms with E-state index in [1.54, 1.807) is 37.3 Å². The minimum atomic E-state index is -3.64. The summed E-state index contributed by atoms with van der Waals surface area (Å²) >= 11 is 0. The summed E-state index contributed by atoms with van der Waals surface area (Å²) < 4.78 is 31.6. The second kappa shape index (κ2) is 5.74. The summed E-state index contributed by atoms with van der Waals surface area (Å²) in [4.78, 5) is 0.180. The lowest BCUT2D eigenvalue weighted by molar-refractivity contribution is 0.394. The van der Waals surface area contributed by atoms with Gasteiger partial charge in [-0.1, -0.05) is 17.3 Å². The first-order chi connectivity index (χ1) is 9.48. The average Bonchev–Trinajstić information content (AvgIpc) is 2.99. The van der Waals surface area contributed by atoms with Crippen molar-refractivity contribution in [1.29, 1.82) is 0 Å². The third-order valence-electron chi connectivity index (χ3n) is 3.21. The van der Waals surface area contributed by atoms with Crippen LogP contribution >= 0.6 is 0 Å². The lowest BCUT2D eigenvalue weighted by Gasteiger charge is -2.23. The van der Waals surface area contributed by atoms with E-state index < -0.39 is 10.0 Å². The summed E-state index contributed by atoms with van der Waals surface area (Å²) in [5.74, 6) is 0.415. The number of nitrogens with zero attached hydrogens (tertiary/aromatic N) is 2. The molecule has 7 heteroatoms. The molecule has 20 heavy (non-hydrogen) atoms. The minimum absolute atomic E-state index is 0.180. The van der Waals surface area contributed by atoms with Crippen molar-refractivity contribution in [2.45, 2.75) is 17.9 Å². The van der Waals surface area contributed by atoms with Crippen molar-refractivity contribution >= 4 is 10.0 Å². The molecule has 2 N–H and O–H groups in total. The van der Waals surface area contributed by atoms with Gasteiger partial charge in [0.2, 0.25) is 10.0 Å². The molecule has 0 aliphatic rings. The number of aromatic nitrogens is 1. The van der Waals surface area contributed by atoms with Crippen molar-refractivity contribution in [3.8, 4) is 11.3 Å². The summed E-state index contributed by atoms with van der Waals surface area (Å²) in [7, 11) is -2.12. The Kier molecular flexibility index (Phi) is 4.22. The molecule has 2 aromatic rings. The van der Waals surface area contributed by atoms with E-state index >= 15 is 0 Å². The van der Waals surface area contributed by atoms with Gasteiger partial charge in [0.05, 0.1) is 11.1 Å². The third kappa shape index (κ3) is 2.60. The zero-order valence-electron chi connectivity index (χ0n) is 11.4. The third-order valence-corrected chi connectivity index (χ3v) is 5.24. The lowest BCUT2D eigenvalue weighted by Crippen LogP contribution is -2.39.